The van der Waals surface area contributed by atoms with Gasteiger partial charge in [-0.2, -0.15) is 0 Å². The minimum absolute atomic E-state index is 0.0998. The van der Waals surface area contributed by atoms with Crippen molar-refractivity contribution in [3.8, 4) is 23.0 Å². The van der Waals surface area contributed by atoms with Crippen LogP contribution in [0.15, 0.2) is 65.3 Å². The molecule has 2 aliphatic rings. The van der Waals surface area contributed by atoms with Gasteiger partial charge in [-0.15, -0.1) is 0 Å². The molecular weight excluding hydrogens is 509 g/mol. The minimum atomic E-state index is -0.666. The molecule has 0 saturated carbocycles. The van der Waals surface area contributed by atoms with Gasteiger partial charge in [0.05, 0.1) is 17.2 Å². The summed E-state index contributed by atoms with van der Waals surface area (Å²) in [6.07, 6.45) is 1.55. The van der Waals surface area contributed by atoms with Gasteiger partial charge >= 0.3 is 11.9 Å². The maximum absolute atomic E-state index is 12.6. The van der Waals surface area contributed by atoms with Gasteiger partial charge < -0.3 is 23.7 Å². The van der Waals surface area contributed by atoms with Gasteiger partial charge in [0.1, 0.15) is 0 Å². The zero-order chi connectivity index (χ0) is 25.2. The normalized spacial score (nSPS) is 15.0. The smallest absolute Gasteiger partial charge is 0.363 e. The average molecular weight is 526 g/mol. The molecule has 5 rings (SSSR count). The quantitative estimate of drug-likeness (QED) is 0.232. The Hall–Kier alpha value is -4.01. The average Bonchev–Trinajstić information content (AvgIpc) is 3.46. The molecule has 0 aromatic heterocycles. The molecule has 2 aliphatic heterocycles. The van der Waals surface area contributed by atoms with E-state index in [1.807, 2.05) is 0 Å². The van der Waals surface area contributed by atoms with Crippen LogP contribution in [-0.4, -0.2) is 31.2 Å². The van der Waals surface area contributed by atoms with E-state index in [0.717, 1.165) is 0 Å². The van der Waals surface area contributed by atoms with Crippen LogP contribution in [0.3, 0.4) is 0 Å². The van der Waals surface area contributed by atoms with Gasteiger partial charge in [0, 0.05) is 10.6 Å². The highest BCUT2D eigenvalue weighted by atomic mass is 35.5. The van der Waals surface area contributed by atoms with E-state index < -0.39 is 11.9 Å². The van der Waals surface area contributed by atoms with Crippen molar-refractivity contribution >= 4 is 47.1 Å². The third-order valence-corrected chi connectivity index (χ3v) is 5.71. The summed E-state index contributed by atoms with van der Waals surface area (Å²) in [7, 11) is 0. The van der Waals surface area contributed by atoms with Gasteiger partial charge in [-0.05, 0) is 67.1 Å². The van der Waals surface area contributed by atoms with Crippen molar-refractivity contribution in [1.29, 1.82) is 0 Å². The molecule has 0 aliphatic carbocycles. The first-order chi connectivity index (χ1) is 17.4. The number of carbonyl (C=O) groups is 2. The van der Waals surface area contributed by atoms with E-state index in [0.29, 0.717) is 40.0 Å². The number of benzene rings is 3. The minimum Gasteiger partial charge on any atom is -0.490 e. The maximum atomic E-state index is 12.6. The molecule has 182 valence electrons. The lowest BCUT2D eigenvalue weighted by Gasteiger charge is -2.12. The number of aliphatic imine (C=N–C) groups is 1. The molecule has 0 N–H and O–H groups in total. The number of hydrogen-bond donors (Lipinski definition) is 0. The van der Waals surface area contributed by atoms with Crippen molar-refractivity contribution in [2.75, 3.05) is 13.4 Å². The van der Waals surface area contributed by atoms with E-state index in [1.54, 1.807) is 55.5 Å². The number of halogens is 2. The molecule has 36 heavy (non-hydrogen) atoms. The lowest BCUT2D eigenvalue weighted by atomic mass is 10.1. The maximum Gasteiger partial charge on any atom is 0.363 e. The molecule has 3 aromatic rings. The lowest BCUT2D eigenvalue weighted by molar-refractivity contribution is -0.129. The molecule has 3 aromatic carbocycles. The number of esters is 2. The molecule has 0 bridgehead atoms. The van der Waals surface area contributed by atoms with Crippen LogP contribution >= 0.6 is 23.2 Å². The predicted octanol–water partition coefficient (Wildman–Crippen LogP) is 5.68. The van der Waals surface area contributed by atoms with Gasteiger partial charge in [0.25, 0.3) is 0 Å². The Kier molecular flexibility index (Phi) is 6.54. The van der Waals surface area contributed by atoms with Crippen molar-refractivity contribution in [2.45, 2.75) is 6.92 Å². The van der Waals surface area contributed by atoms with Crippen molar-refractivity contribution in [2.24, 2.45) is 4.99 Å². The molecule has 0 unspecified atom stereocenters. The monoisotopic (exact) mass is 525 g/mol. The molecule has 0 saturated heterocycles. The summed E-state index contributed by atoms with van der Waals surface area (Å²) >= 11 is 12.0. The summed E-state index contributed by atoms with van der Waals surface area (Å²) in [6.45, 7) is 2.25. The Morgan fingerprint density at radius 3 is 2.67 bits per heavy atom. The van der Waals surface area contributed by atoms with Crippen LogP contribution in [0.25, 0.3) is 6.08 Å². The second-order valence-electron chi connectivity index (χ2n) is 7.56. The van der Waals surface area contributed by atoms with Crippen LogP contribution in [0, 0.1) is 0 Å². The fourth-order valence-electron chi connectivity index (χ4n) is 3.50. The first-order valence-corrected chi connectivity index (χ1v) is 11.5. The molecule has 0 radical (unpaired) electrons. The Labute approximate surface area is 215 Å². The number of cyclic esters (lactones) is 1. The van der Waals surface area contributed by atoms with Crippen molar-refractivity contribution in [1.82, 2.24) is 0 Å². The van der Waals surface area contributed by atoms with E-state index in [9.17, 15) is 9.59 Å². The van der Waals surface area contributed by atoms with Gasteiger partial charge in [0.15, 0.2) is 28.7 Å². The number of nitrogens with zero attached hydrogens (tertiary/aromatic N) is 1. The molecule has 2 heterocycles. The summed E-state index contributed by atoms with van der Waals surface area (Å²) in [5.74, 6) is 0.539. The van der Waals surface area contributed by atoms with Crippen molar-refractivity contribution in [3.05, 3.63) is 87.0 Å². The highest BCUT2D eigenvalue weighted by molar-refractivity contribution is 6.36. The summed E-state index contributed by atoms with van der Waals surface area (Å²) < 4.78 is 27.2. The summed E-state index contributed by atoms with van der Waals surface area (Å²) in [4.78, 5) is 29.4. The summed E-state index contributed by atoms with van der Waals surface area (Å²) in [5, 5.41) is 0.571. The van der Waals surface area contributed by atoms with Crippen LogP contribution in [0.5, 0.6) is 23.0 Å². The van der Waals surface area contributed by atoms with E-state index in [2.05, 4.69) is 4.99 Å². The SMILES string of the molecule is CCOc1cc(/C=C2/N=C(c3ccc4c(c3)OCO4)OC2=O)ccc1OC(=O)c1ccc(Cl)cc1Cl. The van der Waals surface area contributed by atoms with Crippen LogP contribution in [0.2, 0.25) is 10.0 Å². The molecular formula is C26H17Cl2NO7. The number of fused-ring (bicyclic) bond motifs is 1. The number of carbonyl (C=O) groups excluding carboxylic acids is 2. The first kappa shape index (κ1) is 23.7. The van der Waals surface area contributed by atoms with E-state index in [4.69, 9.17) is 46.9 Å². The first-order valence-electron chi connectivity index (χ1n) is 10.8. The highest BCUT2D eigenvalue weighted by Gasteiger charge is 2.26. The standard InChI is InChI=1S/C26H17Cl2NO7/c1-2-32-22-10-14(3-7-21(22)35-25(30)17-6-5-16(27)12-18(17)28)9-19-26(31)36-24(29-19)15-4-8-20-23(11-15)34-13-33-20/h3-12H,2,13H2,1H3/b19-9+. The largest absolute Gasteiger partial charge is 0.490 e. The van der Waals surface area contributed by atoms with Crippen LogP contribution in [-0.2, 0) is 9.53 Å². The second-order valence-corrected chi connectivity index (χ2v) is 8.40. The summed E-state index contributed by atoms with van der Waals surface area (Å²) in [5.41, 5.74) is 1.43. The Bertz CT molecular complexity index is 1450. The fraction of sp³-hybridized carbons (Fsp3) is 0.115. The van der Waals surface area contributed by atoms with Crippen LogP contribution in [0.1, 0.15) is 28.4 Å². The molecule has 0 atom stereocenters. The Balaban J connectivity index is 1.39. The summed E-state index contributed by atoms with van der Waals surface area (Å²) in [6, 6.07) is 14.5. The number of rotatable bonds is 6. The predicted molar refractivity (Wildman–Crippen MR) is 132 cm³/mol. The number of ether oxygens (including phenoxy) is 5. The molecule has 0 fully saturated rings. The highest BCUT2D eigenvalue weighted by Crippen LogP contribution is 2.34. The Morgan fingerprint density at radius 1 is 1.03 bits per heavy atom. The fourth-order valence-corrected chi connectivity index (χ4v) is 3.98. The van der Waals surface area contributed by atoms with Crippen LogP contribution < -0.4 is 18.9 Å². The third-order valence-electron chi connectivity index (χ3n) is 5.16. The van der Waals surface area contributed by atoms with E-state index >= 15 is 0 Å². The molecule has 0 spiro atoms. The zero-order valence-electron chi connectivity index (χ0n) is 18.7. The molecule has 10 heteroatoms. The topological polar surface area (TPSA) is 92.7 Å². The lowest BCUT2D eigenvalue weighted by Crippen LogP contribution is -2.10. The van der Waals surface area contributed by atoms with Gasteiger partial charge in [-0.25, -0.2) is 14.6 Å². The zero-order valence-corrected chi connectivity index (χ0v) is 20.3. The van der Waals surface area contributed by atoms with Gasteiger partial charge in [0.2, 0.25) is 12.7 Å². The molecule has 0 amide bonds. The van der Waals surface area contributed by atoms with E-state index in [-0.39, 0.29) is 34.7 Å². The van der Waals surface area contributed by atoms with Crippen molar-refractivity contribution in [3.63, 3.8) is 0 Å². The second kappa shape index (κ2) is 9.93. The Morgan fingerprint density at radius 2 is 1.86 bits per heavy atom. The van der Waals surface area contributed by atoms with Crippen LogP contribution in [0.4, 0.5) is 0 Å². The van der Waals surface area contributed by atoms with E-state index in [1.165, 1.54) is 12.1 Å². The van der Waals surface area contributed by atoms with Gasteiger partial charge in [-0.1, -0.05) is 29.3 Å². The van der Waals surface area contributed by atoms with Crippen molar-refractivity contribution < 1.29 is 33.3 Å². The molecule has 8 nitrogen and oxygen atoms in total. The van der Waals surface area contributed by atoms with Gasteiger partial charge in [-0.3, -0.25) is 0 Å². The number of hydrogen-bond acceptors (Lipinski definition) is 8. The third kappa shape index (κ3) is 4.86.